The maximum Gasteiger partial charge on any atom is 0.339 e. The van der Waals surface area contributed by atoms with E-state index < -0.39 is 18.0 Å². The third-order valence-corrected chi connectivity index (χ3v) is 3.39. The highest BCUT2D eigenvalue weighted by molar-refractivity contribution is 6.31. The predicted molar refractivity (Wildman–Crippen MR) is 89.6 cm³/mol. The number of rotatable bonds is 5. The molecule has 0 fully saturated rings. The van der Waals surface area contributed by atoms with Crippen molar-refractivity contribution in [3.05, 3.63) is 53.1 Å². The molecule has 2 N–H and O–H groups in total. The van der Waals surface area contributed by atoms with Crippen LogP contribution in [0.5, 0.6) is 11.5 Å². The molecule has 6 nitrogen and oxygen atoms in total. The van der Waals surface area contributed by atoms with Gasteiger partial charge in [-0.1, -0.05) is 17.7 Å². The highest BCUT2D eigenvalue weighted by Gasteiger charge is 2.20. The van der Waals surface area contributed by atoms with Crippen molar-refractivity contribution >= 4 is 29.2 Å². The molecule has 0 aliphatic carbocycles. The highest BCUT2D eigenvalue weighted by atomic mass is 35.5. The Kier molecular flexibility index (Phi) is 5.65. The van der Waals surface area contributed by atoms with Crippen LogP contribution in [0.2, 0.25) is 5.02 Å². The number of carbonyl (C=O) groups excluding carboxylic acids is 2. The Morgan fingerprint density at radius 3 is 2.62 bits per heavy atom. The highest BCUT2D eigenvalue weighted by Crippen LogP contribution is 2.27. The monoisotopic (exact) mass is 349 g/mol. The number of halogens is 1. The van der Waals surface area contributed by atoms with Gasteiger partial charge in [0.1, 0.15) is 11.5 Å². The molecule has 2 aromatic carbocycles. The van der Waals surface area contributed by atoms with Gasteiger partial charge in [0.25, 0.3) is 5.91 Å². The smallest absolute Gasteiger partial charge is 0.339 e. The second kappa shape index (κ2) is 7.70. The lowest BCUT2D eigenvalue weighted by atomic mass is 10.2. The van der Waals surface area contributed by atoms with E-state index in [0.29, 0.717) is 16.5 Å². The molecule has 1 atom stereocenters. The van der Waals surface area contributed by atoms with Crippen molar-refractivity contribution in [3.8, 4) is 11.5 Å². The zero-order valence-corrected chi connectivity index (χ0v) is 13.8. The van der Waals surface area contributed by atoms with Gasteiger partial charge in [-0.15, -0.1) is 0 Å². The molecule has 0 saturated heterocycles. The summed E-state index contributed by atoms with van der Waals surface area (Å²) in [7, 11) is 1.46. The number of phenolic OH excluding ortho intramolecular Hbond substituents is 1. The number of esters is 1. The largest absolute Gasteiger partial charge is 0.508 e. The Morgan fingerprint density at radius 2 is 1.96 bits per heavy atom. The first-order valence-corrected chi connectivity index (χ1v) is 7.43. The molecular weight excluding hydrogens is 334 g/mol. The molecule has 1 amide bonds. The lowest BCUT2D eigenvalue weighted by molar-refractivity contribution is -0.123. The quantitative estimate of drug-likeness (QED) is 0.809. The minimum absolute atomic E-state index is 0.0646. The number of anilines is 1. The second-order valence-corrected chi connectivity index (χ2v) is 5.37. The third kappa shape index (κ3) is 4.39. The van der Waals surface area contributed by atoms with Crippen molar-refractivity contribution in [1.82, 2.24) is 0 Å². The van der Waals surface area contributed by atoms with Crippen LogP contribution in [-0.4, -0.2) is 30.2 Å². The molecule has 0 spiro atoms. The molecular formula is C17H16ClNO5. The Labute approximate surface area is 144 Å². The summed E-state index contributed by atoms with van der Waals surface area (Å²) in [6.07, 6.45) is -1.05. The molecule has 0 aromatic heterocycles. The number of carbonyl (C=O) groups is 2. The van der Waals surface area contributed by atoms with E-state index in [-0.39, 0.29) is 11.3 Å². The fourth-order valence-electron chi connectivity index (χ4n) is 1.93. The van der Waals surface area contributed by atoms with E-state index in [1.54, 1.807) is 12.1 Å². The van der Waals surface area contributed by atoms with E-state index >= 15 is 0 Å². The summed E-state index contributed by atoms with van der Waals surface area (Å²) in [5.74, 6) is -0.889. The molecule has 0 aliphatic rings. The van der Waals surface area contributed by atoms with Gasteiger partial charge in [0.05, 0.1) is 18.4 Å². The molecule has 0 aliphatic heterocycles. The first-order valence-electron chi connectivity index (χ1n) is 7.05. The molecule has 0 saturated carbocycles. The van der Waals surface area contributed by atoms with Gasteiger partial charge in [0, 0.05) is 5.02 Å². The number of phenols is 1. The first-order chi connectivity index (χ1) is 11.4. The van der Waals surface area contributed by atoms with Gasteiger partial charge in [-0.3, -0.25) is 4.79 Å². The number of ether oxygens (including phenoxy) is 2. The number of hydrogen-bond acceptors (Lipinski definition) is 5. The van der Waals surface area contributed by atoms with Crippen LogP contribution in [0.4, 0.5) is 5.69 Å². The van der Waals surface area contributed by atoms with Crippen molar-refractivity contribution in [2.75, 3.05) is 12.4 Å². The van der Waals surface area contributed by atoms with E-state index in [0.717, 1.165) is 0 Å². The predicted octanol–water partition coefficient (Wildman–Crippen LogP) is 3.24. The average molecular weight is 350 g/mol. The van der Waals surface area contributed by atoms with Crippen LogP contribution in [-0.2, 0) is 9.53 Å². The van der Waals surface area contributed by atoms with Crippen LogP contribution in [0, 0.1) is 0 Å². The van der Waals surface area contributed by atoms with Gasteiger partial charge >= 0.3 is 5.97 Å². The fourth-order valence-corrected chi connectivity index (χ4v) is 2.10. The zero-order chi connectivity index (χ0) is 17.7. The SMILES string of the molecule is COc1ccc(Cl)cc1NC(=O)[C@@H](C)OC(=O)c1cccc(O)c1. The molecule has 24 heavy (non-hydrogen) atoms. The summed E-state index contributed by atoms with van der Waals surface area (Å²) in [4.78, 5) is 24.2. The molecule has 126 valence electrons. The molecule has 2 aromatic rings. The lowest BCUT2D eigenvalue weighted by Crippen LogP contribution is -2.30. The van der Waals surface area contributed by atoms with Crippen LogP contribution in [0.25, 0.3) is 0 Å². The number of hydrogen-bond donors (Lipinski definition) is 2. The normalized spacial score (nSPS) is 11.5. The number of aromatic hydroxyl groups is 1. The van der Waals surface area contributed by atoms with Crippen molar-refractivity contribution in [2.24, 2.45) is 0 Å². The second-order valence-electron chi connectivity index (χ2n) is 4.93. The van der Waals surface area contributed by atoms with Gasteiger partial charge in [-0.05, 0) is 43.3 Å². The Bertz CT molecular complexity index is 762. The van der Waals surface area contributed by atoms with Gasteiger partial charge in [0.15, 0.2) is 6.10 Å². The van der Waals surface area contributed by atoms with E-state index in [1.807, 2.05) is 0 Å². The van der Waals surface area contributed by atoms with Gasteiger partial charge < -0.3 is 19.9 Å². The van der Waals surface area contributed by atoms with Crippen LogP contribution in [0.3, 0.4) is 0 Å². The summed E-state index contributed by atoms with van der Waals surface area (Å²) in [6.45, 7) is 1.44. The van der Waals surface area contributed by atoms with E-state index in [4.69, 9.17) is 21.1 Å². The van der Waals surface area contributed by atoms with Crippen molar-refractivity contribution in [3.63, 3.8) is 0 Å². The number of methoxy groups -OCH3 is 1. The summed E-state index contributed by atoms with van der Waals surface area (Å²) in [6, 6.07) is 10.4. The van der Waals surface area contributed by atoms with Crippen LogP contribution < -0.4 is 10.1 Å². The molecule has 0 bridgehead atoms. The number of amides is 1. The average Bonchev–Trinajstić information content (AvgIpc) is 2.55. The van der Waals surface area contributed by atoms with Gasteiger partial charge in [0.2, 0.25) is 0 Å². The molecule has 0 radical (unpaired) electrons. The van der Waals surface area contributed by atoms with E-state index in [2.05, 4.69) is 5.32 Å². The third-order valence-electron chi connectivity index (χ3n) is 3.15. The minimum atomic E-state index is -1.05. The standard InChI is InChI=1S/C17H16ClNO5/c1-10(24-17(22)11-4-3-5-13(20)8-11)16(21)19-14-9-12(18)6-7-15(14)23-2/h3-10,20H,1-2H3,(H,19,21)/t10-/m1/s1. The van der Waals surface area contributed by atoms with Crippen molar-refractivity contribution < 1.29 is 24.2 Å². The number of benzene rings is 2. The Morgan fingerprint density at radius 1 is 1.21 bits per heavy atom. The fraction of sp³-hybridized carbons (Fsp3) is 0.176. The maximum atomic E-state index is 12.2. The number of nitrogens with one attached hydrogen (secondary N) is 1. The molecule has 7 heteroatoms. The minimum Gasteiger partial charge on any atom is -0.508 e. The van der Waals surface area contributed by atoms with Gasteiger partial charge in [-0.2, -0.15) is 0 Å². The van der Waals surface area contributed by atoms with Crippen molar-refractivity contribution in [1.29, 1.82) is 0 Å². The topological polar surface area (TPSA) is 84.9 Å². The maximum absolute atomic E-state index is 12.2. The first kappa shape index (κ1) is 17.6. The molecule has 0 heterocycles. The van der Waals surface area contributed by atoms with E-state index in [9.17, 15) is 14.7 Å². The van der Waals surface area contributed by atoms with Gasteiger partial charge in [-0.25, -0.2) is 4.79 Å². The Balaban J connectivity index is 2.05. The lowest BCUT2D eigenvalue weighted by Gasteiger charge is -2.15. The molecule has 0 unspecified atom stereocenters. The van der Waals surface area contributed by atoms with Crippen molar-refractivity contribution in [2.45, 2.75) is 13.0 Å². The molecule has 2 rings (SSSR count). The summed E-state index contributed by atoms with van der Waals surface area (Å²) < 4.78 is 10.2. The summed E-state index contributed by atoms with van der Waals surface area (Å²) >= 11 is 5.90. The van der Waals surface area contributed by atoms with Crippen LogP contribution in [0.1, 0.15) is 17.3 Å². The summed E-state index contributed by atoms with van der Waals surface area (Å²) in [5.41, 5.74) is 0.519. The Hall–Kier alpha value is -2.73. The summed E-state index contributed by atoms with van der Waals surface area (Å²) in [5, 5.41) is 12.4. The van der Waals surface area contributed by atoms with Crippen LogP contribution >= 0.6 is 11.6 Å². The zero-order valence-electron chi connectivity index (χ0n) is 13.1. The van der Waals surface area contributed by atoms with E-state index in [1.165, 1.54) is 44.4 Å². The van der Waals surface area contributed by atoms with Crippen LogP contribution in [0.15, 0.2) is 42.5 Å².